The number of hydrazine groups is 1. The topological polar surface area (TPSA) is 103 Å². The summed E-state index contributed by atoms with van der Waals surface area (Å²) in [6.07, 6.45) is -0.0246. The third kappa shape index (κ3) is 3.59. The van der Waals surface area contributed by atoms with E-state index in [0.29, 0.717) is 28.3 Å². The van der Waals surface area contributed by atoms with Crippen LogP contribution >= 0.6 is 0 Å². The minimum absolute atomic E-state index is 0.0246. The van der Waals surface area contributed by atoms with E-state index in [1.165, 1.54) is 20.3 Å². The Morgan fingerprint density at radius 3 is 2.58 bits per heavy atom. The summed E-state index contributed by atoms with van der Waals surface area (Å²) in [4.78, 5) is 24.2. The van der Waals surface area contributed by atoms with Gasteiger partial charge in [-0.3, -0.25) is 20.4 Å². The normalized spacial score (nSPS) is 10.4. The Labute approximate surface area is 149 Å². The van der Waals surface area contributed by atoms with Gasteiger partial charge in [0.15, 0.2) is 17.1 Å². The van der Waals surface area contributed by atoms with Gasteiger partial charge in [-0.05, 0) is 30.3 Å². The second kappa shape index (κ2) is 7.56. The number of carbonyl (C=O) groups is 2. The Hall–Kier alpha value is -3.55. The molecule has 0 atom stereocenters. The van der Waals surface area contributed by atoms with Crippen molar-refractivity contribution in [3.8, 4) is 11.5 Å². The molecule has 0 saturated heterocycles. The number of ether oxygens (including phenoxy) is 2. The van der Waals surface area contributed by atoms with Crippen LogP contribution in [0.1, 0.15) is 16.1 Å². The Morgan fingerprint density at radius 1 is 1.04 bits per heavy atom. The highest BCUT2D eigenvalue weighted by Crippen LogP contribution is 2.27. The minimum Gasteiger partial charge on any atom is -0.493 e. The van der Waals surface area contributed by atoms with Crippen LogP contribution in [0.25, 0.3) is 11.0 Å². The van der Waals surface area contributed by atoms with E-state index in [0.717, 1.165) is 5.39 Å². The number of fused-ring (bicyclic) bond motifs is 1. The molecule has 0 spiro atoms. The lowest BCUT2D eigenvalue weighted by Gasteiger charge is -2.10. The van der Waals surface area contributed by atoms with Crippen LogP contribution in [0.4, 0.5) is 0 Å². The van der Waals surface area contributed by atoms with Gasteiger partial charge >= 0.3 is 0 Å². The van der Waals surface area contributed by atoms with Crippen LogP contribution in [0.2, 0.25) is 0 Å². The lowest BCUT2D eigenvalue weighted by Crippen LogP contribution is -2.42. The number of aromatic nitrogens is 1. The number of nitrogens with one attached hydrogen (secondary N) is 2. The van der Waals surface area contributed by atoms with Crippen LogP contribution in [-0.2, 0) is 11.2 Å². The maximum atomic E-state index is 12.2. The SMILES string of the molecule is COc1ccc(C(=O)NNC(=O)Cc2noc3ccccc23)cc1OC. The molecule has 134 valence electrons. The van der Waals surface area contributed by atoms with E-state index in [1.807, 2.05) is 18.2 Å². The number of benzene rings is 2. The summed E-state index contributed by atoms with van der Waals surface area (Å²) >= 11 is 0. The lowest BCUT2D eigenvalue weighted by atomic mass is 10.2. The zero-order valence-corrected chi connectivity index (χ0v) is 14.2. The van der Waals surface area contributed by atoms with Crippen LogP contribution < -0.4 is 20.3 Å². The van der Waals surface area contributed by atoms with Crippen molar-refractivity contribution in [2.45, 2.75) is 6.42 Å². The summed E-state index contributed by atoms with van der Waals surface area (Å²) in [7, 11) is 2.98. The van der Waals surface area contributed by atoms with Crippen molar-refractivity contribution in [2.75, 3.05) is 14.2 Å². The second-order valence-electron chi connectivity index (χ2n) is 5.37. The van der Waals surface area contributed by atoms with Gasteiger partial charge in [-0.2, -0.15) is 0 Å². The Kier molecular flexibility index (Phi) is 5.02. The fourth-order valence-corrected chi connectivity index (χ4v) is 2.44. The molecule has 8 nitrogen and oxygen atoms in total. The molecule has 0 bridgehead atoms. The average Bonchev–Trinajstić information content (AvgIpc) is 3.08. The molecule has 2 aromatic carbocycles. The van der Waals surface area contributed by atoms with Gasteiger partial charge in [-0.25, -0.2) is 0 Å². The third-order valence-electron chi connectivity index (χ3n) is 3.74. The summed E-state index contributed by atoms with van der Waals surface area (Å²) in [5.41, 5.74) is 6.13. The number of carbonyl (C=O) groups excluding carboxylic acids is 2. The number of hydrogen-bond donors (Lipinski definition) is 2. The summed E-state index contributed by atoms with van der Waals surface area (Å²) in [5, 5.41) is 4.64. The van der Waals surface area contributed by atoms with E-state index in [2.05, 4.69) is 16.0 Å². The highest BCUT2D eigenvalue weighted by molar-refractivity contribution is 5.96. The van der Waals surface area contributed by atoms with Gasteiger partial charge in [0.05, 0.1) is 20.6 Å². The average molecular weight is 355 g/mol. The molecular formula is C18H17N3O5. The molecule has 0 radical (unpaired) electrons. The number of methoxy groups -OCH3 is 2. The molecule has 0 aliphatic rings. The minimum atomic E-state index is -0.482. The van der Waals surface area contributed by atoms with E-state index in [9.17, 15) is 9.59 Å². The maximum Gasteiger partial charge on any atom is 0.269 e. The smallest absolute Gasteiger partial charge is 0.269 e. The molecule has 3 rings (SSSR count). The lowest BCUT2D eigenvalue weighted by molar-refractivity contribution is -0.121. The van der Waals surface area contributed by atoms with Crippen molar-refractivity contribution in [3.63, 3.8) is 0 Å². The first-order valence-corrected chi connectivity index (χ1v) is 7.77. The molecule has 26 heavy (non-hydrogen) atoms. The monoisotopic (exact) mass is 355 g/mol. The molecule has 2 N–H and O–H groups in total. The standard InChI is InChI=1S/C18H17N3O5/c1-24-15-8-7-11(9-16(15)25-2)18(23)20-19-17(22)10-13-12-5-3-4-6-14(12)26-21-13/h3-9H,10H2,1-2H3,(H,19,22)(H,20,23). The zero-order chi connectivity index (χ0) is 18.5. The largest absolute Gasteiger partial charge is 0.493 e. The summed E-state index contributed by atoms with van der Waals surface area (Å²) in [6, 6.07) is 11.9. The molecule has 2 amide bonds. The van der Waals surface area contributed by atoms with Gasteiger partial charge in [-0.15, -0.1) is 0 Å². The van der Waals surface area contributed by atoms with Crippen LogP contribution in [-0.4, -0.2) is 31.2 Å². The van der Waals surface area contributed by atoms with Crippen molar-refractivity contribution in [1.29, 1.82) is 0 Å². The van der Waals surface area contributed by atoms with Gasteiger partial charge in [0.25, 0.3) is 5.91 Å². The van der Waals surface area contributed by atoms with E-state index < -0.39 is 11.8 Å². The predicted octanol–water partition coefficient (Wildman–Crippen LogP) is 1.85. The van der Waals surface area contributed by atoms with Crippen molar-refractivity contribution < 1.29 is 23.6 Å². The first-order valence-electron chi connectivity index (χ1n) is 7.77. The highest BCUT2D eigenvalue weighted by Gasteiger charge is 2.14. The fraction of sp³-hybridized carbons (Fsp3) is 0.167. The van der Waals surface area contributed by atoms with Crippen LogP contribution in [0.3, 0.4) is 0 Å². The summed E-state index contributed by atoms with van der Waals surface area (Å²) in [5.74, 6) is 0.0220. The van der Waals surface area contributed by atoms with Crippen molar-refractivity contribution in [2.24, 2.45) is 0 Å². The fourth-order valence-electron chi connectivity index (χ4n) is 2.44. The van der Waals surface area contributed by atoms with Crippen LogP contribution in [0.5, 0.6) is 11.5 Å². The first-order chi connectivity index (χ1) is 12.6. The van der Waals surface area contributed by atoms with Gasteiger partial charge in [0.2, 0.25) is 5.91 Å². The summed E-state index contributed by atoms with van der Waals surface area (Å²) < 4.78 is 15.4. The number of nitrogens with zero attached hydrogens (tertiary/aromatic N) is 1. The van der Waals surface area contributed by atoms with Gasteiger partial charge < -0.3 is 14.0 Å². The van der Waals surface area contributed by atoms with Crippen LogP contribution in [0.15, 0.2) is 47.0 Å². The molecule has 0 aliphatic heterocycles. The Morgan fingerprint density at radius 2 is 1.81 bits per heavy atom. The molecule has 8 heteroatoms. The van der Waals surface area contributed by atoms with E-state index in [-0.39, 0.29) is 6.42 Å². The van der Waals surface area contributed by atoms with Crippen molar-refractivity contribution in [1.82, 2.24) is 16.0 Å². The number of para-hydroxylation sites is 1. The first kappa shape index (κ1) is 17.3. The number of rotatable bonds is 5. The molecule has 0 fully saturated rings. The Balaban J connectivity index is 1.61. The van der Waals surface area contributed by atoms with E-state index in [1.54, 1.807) is 18.2 Å². The molecule has 3 aromatic rings. The van der Waals surface area contributed by atoms with Gasteiger partial charge in [0, 0.05) is 10.9 Å². The molecule has 0 unspecified atom stereocenters. The molecule has 1 heterocycles. The van der Waals surface area contributed by atoms with Crippen LogP contribution in [0, 0.1) is 0 Å². The molecular weight excluding hydrogens is 338 g/mol. The summed E-state index contributed by atoms with van der Waals surface area (Å²) in [6.45, 7) is 0. The molecule has 0 saturated carbocycles. The van der Waals surface area contributed by atoms with Crippen molar-refractivity contribution in [3.05, 3.63) is 53.7 Å². The zero-order valence-electron chi connectivity index (χ0n) is 14.2. The maximum absolute atomic E-state index is 12.2. The number of hydrogen-bond acceptors (Lipinski definition) is 6. The number of amides is 2. The predicted molar refractivity (Wildman–Crippen MR) is 92.9 cm³/mol. The van der Waals surface area contributed by atoms with Gasteiger partial charge in [-0.1, -0.05) is 17.3 Å². The highest BCUT2D eigenvalue weighted by atomic mass is 16.5. The third-order valence-corrected chi connectivity index (χ3v) is 3.74. The Bertz CT molecular complexity index is 951. The molecule has 0 aliphatic carbocycles. The van der Waals surface area contributed by atoms with Gasteiger partial charge in [0.1, 0.15) is 5.69 Å². The van der Waals surface area contributed by atoms with E-state index >= 15 is 0 Å². The second-order valence-corrected chi connectivity index (χ2v) is 5.37. The van der Waals surface area contributed by atoms with E-state index in [4.69, 9.17) is 14.0 Å². The quantitative estimate of drug-likeness (QED) is 0.677. The molecule has 1 aromatic heterocycles. The van der Waals surface area contributed by atoms with Crippen molar-refractivity contribution >= 4 is 22.8 Å².